The number of carbonyl (C=O) groups excluding carboxylic acids is 1. The Hall–Kier alpha value is -2.82. The van der Waals surface area contributed by atoms with Crippen LogP contribution < -0.4 is 5.32 Å². The second kappa shape index (κ2) is 9.98. The summed E-state index contributed by atoms with van der Waals surface area (Å²) in [5.74, 6) is 0.158. The number of amides is 1. The number of halogens is 1. The van der Waals surface area contributed by atoms with Crippen molar-refractivity contribution in [2.45, 2.75) is 37.6 Å². The Morgan fingerprint density at radius 2 is 1.88 bits per heavy atom. The first kappa shape index (κ1) is 23.3. The minimum Gasteiger partial charge on any atom is -0.379 e. The molecule has 3 aromatic rings. The Morgan fingerprint density at radius 3 is 2.58 bits per heavy atom. The van der Waals surface area contributed by atoms with Crippen LogP contribution in [0.2, 0.25) is 0 Å². The maximum Gasteiger partial charge on any atom is 0.243 e. The molecule has 0 aliphatic carbocycles. The van der Waals surface area contributed by atoms with Gasteiger partial charge in [0.1, 0.15) is 11.6 Å². The second-order valence-electron chi connectivity index (χ2n) is 7.90. The number of anilines is 1. The number of fused-ring (bicyclic) bond motifs is 1. The standard InChI is InChI=1S/C23H27FN4O4S/c1-2-11-28-21-8-7-19(33(30,31)27-12-14-32-15-13-27)16-20(21)26-22(28)9-10-23(29)25-18-5-3-17(24)4-6-18/h3-8,16H,2,9-15H2,1H3,(H,25,29). The number of rotatable bonds is 8. The summed E-state index contributed by atoms with van der Waals surface area (Å²) in [5.41, 5.74) is 1.96. The van der Waals surface area contributed by atoms with Gasteiger partial charge in [0.15, 0.2) is 0 Å². The molecule has 1 aliphatic heterocycles. The van der Waals surface area contributed by atoms with Gasteiger partial charge in [0.2, 0.25) is 15.9 Å². The molecular weight excluding hydrogens is 447 g/mol. The number of imidazole rings is 1. The minimum atomic E-state index is -3.62. The fraction of sp³-hybridized carbons (Fsp3) is 0.391. The van der Waals surface area contributed by atoms with E-state index in [9.17, 15) is 17.6 Å². The predicted molar refractivity (Wildman–Crippen MR) is 123 cm³/mol. The van der Waals surface area contributed by atoms with Crippen LogP contribution in [0.1, 0.15) is 25.6 Å². The van der Waals surface area contributed by atoms with Crippen LogP contribution in [0.25, 0.3) is 11.0 Å². The van der Waals surface area contributed by atoms with Gasteiger partial charge in [0.05, 0.1) is 29.1 Å². The van der Waals surface area contributed by atoms with Crippen LogP contribution >= 0.6 is 0 Å². The average Bonchev–Trinajstić information content (AvgIpc) is 3.17. The molecule has 1 N–H and O–H groups in total. The number of aromatic nitrogens is 2. The van der Waals surface area contributed by atoms with Gasteiger partial charge in [-0.15, -0.1) is 0 Å². The molecule has 0 saturated carbocycles. The van der Waals surface area contributed by atoms with E-state index in [4.69, 9.17) is 4.74 Å². The number of hydrogen-bond acceptors (Lipinski definition) is 5. The number of morpholine rings is 1. The Morgan fingerprint density at radius 1 is 1.15 bits per heavy atom. The molecule has 2 aromatic carbocycles. The van der Waals surface area contributed by atoms with Crippen molar-refractivity contribution in [2.75, 3.05) is 31.6 Å². The second-order valence-corrected chi connectivity index (χ2v) is 9.84. The SMILES string of the molecule is CCCn1c(CCC(=O)Nc2ccc(F)cc2)nc2cc(S(=O)(=O)N3CCOCC3)ccc21. The summed E-state index contributed by atoms with van der Waals surface area (Å²) in [6.07, 6.45) is 1.46. The van der Waals surface area contributed by atoms with E-state index in [-0.39, 0.29) is 23.0 Å². The zero-order valence-corrected chi connectivity index (χ0v) is 19.3. The number of sulfonamides is 1. The van der Waals surface area contributed by atoms with Crippen LogP contribution in [0.5, 0.6) is 0 Å². The van der Waals surface area contributed by atoms with Gasteiger partial charge in [-0.1, -0.05) is 6.92 Å². The first-order chi connectivity index (χ1) is 15.9. The average molecular weight is 475 g/mol. The van der Waals surface area contributed by atoms with Crippen molar-refractivity contribution >= 4 is 32.7 Å². The molecule has 1 aromatic heterocycles. The zero-order chi connectivity index (χ0) is 23.4. The number of aryl methyl sites for hydroxylation is 2. The van der Waals surface area contributed by atoms with Crippen molar-refractivity contribution < 1.29 is 22.3 Å². The highest BCUT2D eigenvalue weighted by atomic mass is 32.2. The molecule has 1 saturated heterocycles. The summed E-state index contributed by atoms with van der Waals surface area (Å²) in [4.78, 5) is 17.3. The van der Waals surface area contributed by atoms with Gasteiger partial charge in [0.25, 0.3) is 0 Å². The Labute approximate surface area is 192 Å². The number of carbonyl (C=O) groups is 1. The lowest BCUT2D eigenvalue weighted by Gasteiger charge is -2.26. The molecule has 10 heteroatoms. The normalized spacial score (nSPS) is 15.1. The zero-order valence-electron chi connectivity index (χ0n) is 18.5. The number of hydrogen-bond donors (Lipinski definition) is 1. The maximum absolute atomic E-state index is 13.1. The summed E-state index contributed by atoms with van der Waals surface area (Å²) in [6.45, 7) is 4.20. The molecule has 1 fully saturated rings. The van der Waals surface area contributed by atoms with Crippen LogP contribution in [-0.2, 0) is 32.5 Å². The van der Waals surface area contributed by atoms with Crippen molar-refractivity contribution in [1.29, 1.82) is 0 Å². The van der Waals surface area contributed by atoms with Gasteiger partial charge in [-0.05, 0) is 48.9 Å². The third-order valence-electron chi connectivity index (χ3n) is 5.56. The Balaban J connectivity index is 1.54. The predicted octanol–water partition coefficient (Wildman–Crippen LogP) is 3.18. The third kappa shape index (κ3) is 5.23. The fourth-order valence-corrected chi connectivity index (χ4v) is 5.33. The van der Waals surface area contributed by atoms with E-state index >= 15 is 0 Å². The lowest BCUT2D eigenvalue weighted by atomic mass is 10.2. The number of ether oxygens (including phenoxy) is 1. The minimum absolute atomic E-state index is 0.198. The van der Waals surface area contributed by atoms with Crippen LogP contribution in [0.3, 0.4) is 0 Å². The molecule has 1 aliphatic rings. The number of benzene rings is 2. The number of nitrogens with zero attached hydrogens (tertiary/aromatic N) is 3. The van der Waals surface area contributed by atoms with E-state index in [0.717, 1.165) is 17.8 Å². The lowest BCUT2D eigenvalue weighted by molar-refractivity contribution is -0.116. The molecule has 0 atom stereocenters. The molecule has 0 bridgehead atoms. The highest BCUT2D eigenvalue weighted by molar-refractivity contribution is 7.89. The topological polar surface area (TPSA) is 93.5 Å². The quantitative estimate of drug-likeness (QED) is 0.541. The van der Waals surface area contributed by atoms with Crippen LogP contribution in [0.15, 0.2) is 47.4 Å². The largest absolute Gasteiger partial charge is 0.379 e. The van der Waals surface area contributed by atoms with E-state index in [1.807, 2.05) is 11.5 Å². The molecule has 33 heavy (non-hydrogen) atoms. The molecule has 176 valence electrons. The fourth-order valence-electron chi connectivity index (χ4n) is 3.90. The van der Waals surface area contributed by atoms with Crippen LogP contribution in [0.4, 0.5) is 10.1 Å². The summed E-state index contributed by atoms with van der Waals surface area (Å²) in [6, 6.07) is 10.6. The monoisotopic (exact) mass is 474 g/mol. The van der Waals surface area contributed by atoms with E-state index in [0.29, 0.717) is 50.5 Å². The van der Waals surface area contributed by atoms with Gasteiger partial charge in [-0.25, -0.2) is 17.8 Å². The summed E-state index contributed by atoms with van der Waals surface area (Å²) in [5, 5.41) is 2.75. The molecule has 4 rings (SSSR count). The molecule has 8 nitrogen and oxygen atoms in total. The van der Waals surface area contributed by atoms with E-state index in [1.165, 1.54) is 28.6 Å². The first-order valence-corrected chi connectivity index (χ1v) is 12.4. The van der Waals surface area contributed by atoms with Crippen molar-refractivity contribution in [3.05, 3.63) is 54.1 Å². The van der Waals surface area contributed by atoms with Gasteiger partial charge >= 0.3 is 0 Å². The summed E-state index contributed by atoms with van der Waals surface area (Å²) >= 11 is 0. The van der Waals surface area contributed by atoms with Crippen LogP contribution in [0, 0.1) is 5.82 Å². The summed E-state index contributed by atoms with van der Waals surface area (Å²) < 4.78 is 47.8. The maximum atomic E-state index is 13.1. The highest BCUT2D eigenvalue weighted by Crippen LogP contribution is 2.24. The molecule has 0 unspecified atom stereocenters. The molecule has 1 amide bonds. The van der Waals surface area contributed by atoms with E-state index < -0.39 is 10.0 Å². The van der Waals surface area contributed by atoms with Crippen molar-refractivity contribution in [1.82, 2.24) is 13.9 Å². The van der Waals surface area contributed by atoms with Gasteiger partial charge in [-0.3, -0.25) is 4.79 Å². The Kier molecular flexibility index (Phi) is 7.06. The highest BCUT2D eigenvalue weighted by Gasteiger charge is 2.27. The number of nitrogens with one attached hydrogen (secondary N) is 1. The van der Waals surface area contributed by atoms with Gasteiger partial charge in [-0.2, -0.15) is 4.31 Å². The van der Waals surface area contributed by atoms with Crippen LogP contribution in [-0.4, -0.2) is 54.5 Å². The lowest BCUT2D eigenvalue weighted by Crippen LogP contribution is -2.40. The Bertz CT molecular complexity index is 1240. The molecule has 0 spiro atoms. The molecule has 2 heterocycles. The van der Waals surface area contributed by atoms with Crippen molar-refractivity contribution in [2.24, 2.45) is 0 Å². The smallest absolute Gasteiger partial charge is 0.243 e. The first-order valence-electron chi connectivity index (χ1n) is 11.0. The van der Waals surface area contributed by atoms with E-state index in [2.05, 4.69) is 10.3 Å². The summed E-state index contributed by atoms with van der Waals surface area (Å²) in [7, 11) is -3.62. The van der Waals surface area contributed by atoms with Crippen molar-refractivity contribution in [3.8, 4) is 0 Å². The molecular formula is C23H27FN4O4S. The van der Waals surface area contributed by atoms with Gasteiger partial charge in [0, 0.05) is 38.2 Å². The van der Waals surface area contributed by atoms with Gasteiger partial charge < -0.3 is 14.6 Å². The molecule has 0 radical (unpaired) electrons. The van der Waals surface area contributed by atoms with E-state index in [1.54, 1.807) is 18.2 Å². The van der Waals surface area contributed by atoms with Crippen molar-refractivity contribution in [3.63, 3.8) is 0 Å². The third-order valence-corrected chi connectivity index (χ3v) is 7.45.